The van der Waals surface area contributed by atoms with E-state index in [9.17, 15) is 9.59 Å². The first-order chi connectivity index (χ1) is 8.26. The van der Waals surface area contributed by atoms with Gasteiger partial charge in [-0.2, -0.15) is 0 Å². The van der Waals surface area contributed by atoms with E-state index in [0.29, 0.717) is 12.4 Å². The van der Waals surface area contributed by atoms with E-state index < -0.39 is 11.5 Å². The number of carbonyl (C=O) groups excluding carboxylic acids is 1. The summed E-state index contributed by atoms with van der Waals surface area (Å²) >= 11 is 0. The van der Waals surface area contributed by atoms with Crippen LogP contribution in [0.1, 0.15) is 19.7 Å². The van der Waals surface area contributed by atoms with Crippen molar-refractivity contribution >= 4 is 12.0 Å². The quantitative estimate of drug-likeness (QED) is 0.830. The Bertz CT molecular complexity index is 428. The van der Waals surface area contributed by atoms with Gasteiger partial charge in [-0.15, -0.1) is 0 Å². The van der Waals surface area contributed by atoms with E-state index in [-0.39, 0.29) is 6.03 Å². The Balaban J connectivity index is 2.72. The number of urea groups is 1. The largest absolute Gasteiger partial charge is 0.480 e. The molecule has 0 fully saturated rings. The summed E-state index contributed by atoms with van der Waals surface area (Å²) in [6, 6.07) is -0.376. The predicted octanol–water partition coefficient (Wildman–Crippen LogP) is 0.756. The van der Waals surface area contributed by atoms with Crippen LogP contribution in [0, 0.1) is 0 Å². The second-order valence-corrected chi connectivity index (χ2v) is 4.60. The van der Waals surface area contributed by atoms with E-state index in [2.05, 4.69) is 9.97 Å². The molecule has 18 heavy (non-hydrogen) atoms. The molecule has 1 aromatic rings. The third-order valence-corrected chi connectivity index (χ3v) is 2.92. The lowest BCUT2D eigenvalue weighted by molar-refractivity contribution is -0.147. The number of likely N-dealkylation sites (N-methyl/N-ethyl adjacent to an activating group) is 1. The summed E-state index contributed by atoms with van der Waals surface area (Å²) in [7, 11) is 3.06. The minimum Gasteiger partial charge on any atom is -0.480 e. The lowest BCUT2D eigenvalue weighted by Gasteiger charge is -2.34. The monoisotopic (exact) mass is 254 g/mol. The average Bonchev–Trinajstić information content (AvgIpc) is 2.79. The third kappa shape index (κ3) is 2.79. The zero-order chi connectivity index (χ0) is 13.9. The van der Waals surface area contributed by atoms with Crippen LogP contribution in [0.15, 0.2) is 12.4 Å². The van der Waals surface area contributed by atoms with Gasteiger partial charge in [0.2, 0.25) is 0 Å². The predicted molar refractivity (Wildman–Crippen MR) is 64.9 cm³/mol. The van der Waals surface area contributed by atoms with Crippen LogP contribution in [0.3, 0.4) is 0 Å². The summed E-state index contributed by atoms with van der Waals surface area (Å²) in [5.74, 6) is -0.405. The fourth-order valence-electron chi connectivity index (χ4n) is 1.32. The van der Waals surface area contributed by atoms with Crippen LogP contribution in [-0.4, -0.2) is 56.5 Å². The summed E-state index contributed by atoms with van der Waals surface area (Å²) in [6.45, 7) is 3.26. The van der Waals surface area contributed by atoms with Crippen LogP contribution in [0.5, 0.6) is 0 Å². The van der Waals surface area contributed by atoms with Gasteiger partial charge in [0, 0.05) is 26.5 Å². The normalized spacial score (nSPS) is 11.1. The second kappa shape index (κ2) is 5.07. The molecule has 2 N–H and O–H groups in total. The van der Waals surface area contributed by atoms with Gasteiger partial charge in [0.15, 0.2) is 0 Å². The van der Waals surface area contributed by atoms with E-state index in [1.165, 1.54) is 30.7 Å². The maximum absolute atomic E-state index is 12.1. The molecule has 1 aromatic heterocycles. The molecule has 0 aliphatic rings. The molecule has 0 aliphatic carbocycles. The van der Waals surface area contributed by atoms with Crippen LogP contribution < -0.4 is 0 Å². The number of imidazole rings is 1. The van der Waals surface area contributed by atoms with Crippen LogP contribution in [0.25, 0.3) is 0 Å². The Kier molecular flexibility index (Phi) is 3.95. The van der Waals surface area contributed by atoms with Gasteiger partial charge in [-0.25, -0.2) is 14.6 Å². The molecule has 0 saturated heterocycles. The van der Waals surface area contributed by atoms with Crippen molar-refractivity contribution in [3.63, 3.8) is 0 Å². The summed E-state index contributed by atoms with van der Waals surface area (Å²) in [5, 5.41) is 9.07. The standard InChI is InChI=1S/C11H18N4O3/c1-11(2,9(16)17)15(4)10(18)14(3)7-8-12-5-6-13-8/h5-6H,7H2,1-4H3,(H,12,13)(H,16,17). The highest BCUT2D eigenvalue weighted by Gasteiger charge is 2.36. The molecule has 0 unspecified atom stereocenters. The zero-order valence-electron chi connectivity index (χ0n) is 11.0. The first kappa shape index (κ1) is 14.0. The molecule has 0 saturated carbocycles. The molecule has 1 heterocycles. The van der Waals surface area contributed by atoms with Gasteiger partial charge in [0.05, 0.1) is 6.54 Å². The van der Waals surface area contributed by atoms with Crippen molar-refractivity contribution in [3.8, 4) is 0 Å². The molecule has 0 atom stereocenters. The number of nitrogens with zero attached hydrogens (tertiary/aromatic N) is 3. The molecule has 0 radical (unpaired) electrons. The number of carboxylic acid groups (broad SMARTS) is 1. The summed E-state index contributed by atoms with van der Waals surface area (Å²) in [5.41, 5.74) is -1.26. The maximum Gasteiger partial charge on any atom is 0.329 e. The van der Waals surface area contributed by atoms with Gasteiger partial charge in [-0.05, 0) is 13.8 Å². The number of hydrogen-bond donors (Lipinski definition) is 2. The van der Waals surface area contributed by atoms with Gasteiger partial charge in [-0.1, -0.05) is 0 Å². The highest BCUT2D eigenvalue weighted by Crippen LogP contribution is 2.14. The van der Waals surface area contributed by atoms with Gasteiger partial charge >= 0.3 is 12.0 Å². The Hall–Kier alpha value is -2.05. The number of aromatic nitrogens is 2. The Morgan fingerprint density at radius 1 is 1.44 bits per heavy atom. The fraction of sp³-hybridized carbons (Fsp3) is 0.545. The van der Waals surface area contributed by atoms with Crippen molar-refractivity contribution in [3.05, 3.63) is 18.2 Å². The smallest absolute Gasteiger partial charge is 0.329 e. The SMILES string of the molecule is CN(Cc1ncc[nH]1)C(=O)N(C)C(C)(C)C(=O)O. The molecule has 100 valence electrons. The molecular weight excluding hydrogens is 236 g/mol. The van der Waals surface area contributed by atoms with Crippen LogP contribution in [-0.2, 0) is 11.3 Å². The molecule has 7 heteroatoms. The minimum atomic E-state index is -1.26. The number of rotatable bonds is 4. The van der Waals surface area contributed by atoms with E-state index in [0.717, 1.165) is 0 Å². The zero-order valence-corrected chi connectivity index (χ0v) is 11.0. The molecule has 0 aromatic carbocycles. The lowest BCUT2D eigenvalue weighted by Crippen LogP contribution is -2.54. The second-order valence-electron chi connectivity index (χ2n) is 4.60. The number of aromatic amines is 1. The summed E-state index contributed by atoms with van der Waals surface area (Å²) in [6.07, 6.45) is 3.26. The van der Waals surface area contributed by atoms with Crippen molar-refractivity contribution in [1.29, 1.82) is 0 Å². The van der Waals surface area contributed by atoms with Gasteiger partial charge in [0.1, 0.15) is 11.4 Å². The molecule has 1 rings (SSSR count). The number of amides is 2. The Labute approximate surface area is 105 Å². The number of hydrogen-bond acceptors (Lipinski definition) is 3. The molecule has 0 bridgehead atoms. The summed E-state index contributed by atoms with van der Waals surface area (Å²) < 4.78 is 0. The molecular formula is C11H18N4O3. The van der Waals surface area contributed by atoms with Crippen LogP contribution in [0.2, 0.25) is 0 Å². The van der Waals surface area contributed by atoms with Crippen LogP contribution >= 0.6 is 0 Å². The van der Waals surface area contributed by atoms with Gasteiger partial charge in [-0.3, -0.25) is 0 Å². The van der Waals surface area contributed by atoms with Crippen molar-refractivity contribution in [2.24, 2.45) is 0 Å². The van der Waals surface area contributed by atoms with E-state index >= 15 is 0 Å². The van der Waals surface area contributed by atoms with E-state index in [1.807, 2.05) is 0 Å². The highest BCUT2D eigenvalue weighted by atomic mass is 16.4. The molecule has 0 aliphatic heterocycles. The number of nitrogens with one attached hydrogen (secondary N) is 1. The number of carboxylic acids is 1. The average molecular weight is 254 g/mol. The van der Waals surface area contributed by atoms with Gasteiger partial charge in [0.25, 0.3) is 0 Å². The number of H-pyrrole nitrogens is 1. The van der Waals surface area contributed by atoms with Crippen molar-refractivity contribution < 1.29 is 14.7 Å². The van der Waals surface area contributed by atoms with E-state index in [1.54, 1.807) is 19.4 Å². The van der Waals surface area contributed by atoms with E-state index in [4.69, 9.17) is 5.11 Å². The lowest BCUT2D eigenvalue weighted by atomic mass is 10.0. The summed E-state index contributed by atoms with van der Waals surface area (Å²) in [4.78, 5) is 32.6. The first-order valence-electron chi connectivity index (χ1n) is 5.47. The number of carbonyl (C=O) groups is 2. The minimum absolute atomic E-state index is 0.297. The van der Waals surface area contributed by atoms with Crippen molar-refractivity contribution in [2.75, 3.05) is 14.1 Å². The van der Waals surface area contributed by atoms with Crippen LogP contribution in [0.4, 0.5) is 4.79 Å². The fourth-order valence-corrected chi connectivity index (χ4v) is 1.32. The third-order valence-electron chi connectivity index (χ3n) is 2.92. The Morgan fingerprint density at radius 2 is 2.06 bits per heavy atom. The highest BCUT2D eigenvalue weighted by molar-refractivity contribution is 5.85. The first-order valence-corrected chi connectivity index (χ1v) is 5.47. The molecule has 7 nitrogen and oxygen atoms in total. The molecule has 0 spiro atoms. The van der Waals surface area contributed by atoms with Crippen molar-refractivity contribution in [1.82, 2.24) is 19.8 Å². The number of aliphatic carboxylic acids is 1. The van der Waals surface area contributed by atoms with Gasteiger partial charge < -0.3 is 19.9 Å². The van der Waals surface area contributed by atoms with Crippen molar-refractivity contribution in [2.45, 2.75) is 25.9 Å². The maximum atomic E-state index is 12.1. The topological polar surface area (TPSA) is 89.5 Å². The Morgan fingerprint density at radius 3 is 2.50 bits per heavy atom. The molecule has 2 amide bonds.